The summed E-state index contributed by atoms with van der Waals surface area (Å²) in [6.45, 7) is 2.79. The van der Waals surface area contributed by atoms with Crippen LogP contribution in [-0.4, -0.2) is 26.5 Å². The maximum Gasteiger partial charge on any atom is 0.181 e. The van der Waals surface area contributed by atoms with E-state index in [1.54, 1.807) is 24.4 Å². The number of benzene rings is 1. The zero-order chi connectivity index (χ0) is 13.9. The van der Waals surface area contributed by atoms with Crippen molar-refractivity contribution in [2.45, 2.75) is 23.3 Å². The third-order valence-corrected chi connectivity index (χ3v) is 4.12. The molecule has 2 aromatic heterocycles. The second-order valence-electron chi connectivity index (χ2n) is 4.51. The lowest BCUT2D eigenvalue weighted by Crippen LogP contribution is -2.03. The van der Waals surface area contributed by atoms with Gasteiger partial charge in [0.2, 0.25) is 0 Å². The van der Waals surface area contributed by atoms with E-state index in [0.29, 0.717) is 12.2 Å². The Labute approximate surface area is 121 Å². The van der Waals surface area contributed by atoms with Gasteiger partial charge in [-0.2, -0.15) is 0 Å². The Hall–Kier alpha value is -1.92. The number of nitrogens with two attached hydrogens (primary N) is 1. The van der Waals surface area contributed by atoms with E-state index in [-0.39, 0.29) is 0 Å². The second-order valence-corrected chi connectivity index (χ2v) is 5.57. The van der Waals surface area contributed by atoms with Crippen LogP contribution in [0.1, 0.15) is 11.1 Å². The molecular weight excluding hydrogens is 270 g/mol. The molecule has 0 bridgehead atoms. The fraction of sp³-hybridized carbons (Fsp3) is 0.214. The van der Waals surface area contributed by atoms with Crippen molar-refractivity contribution in [1.29, 1.82) is 0 Å². The molecule has 0 aliphatic heterocycles. The Morgan fingerprint density at radius 1 is 1.25 bits per heavy atom. The maximum absolute atomic E-state index is 5.61. The lowest BCUT2D eigenvalue weighted by atomic mass is 10.1. The molecule has 0 radical (unpaired) electrons. The molecule has 0 amide bonds. The molecule has 5 nitrogen and oxygen atoms in total. The average molecular weight is 285 g/mol. The Balaban J connectivity index is 1.91. The largest absolute Gasteiger partial charge is 0.341 e. The summed E-state index contributed by atoms with van der Waals surface area (Å²) in [5.41, 5.74) is 9.73. The molecule has 20 heavy (non-hydrogen) atoms. The van der Waals surface area contributed by atoms with Crippen LogP contribution in [0.15, 0.2) is 40.8 Å². The standard InChI is InChI=1S/C14H15N5S/c1-9-6-11(3-2-10(9)4-5-15)20-14-12-13(17-7-16-12)18-8-19-14/h2-3,6-8H,4-5,15H2,1H3,(H,16,17,18,19). The second kappa shape index (κ2) is 5.60. The third kappa shape index (κ3) is 2.52. The summed E-state index contributed by atoms with van der Waals surface area (Å²) < 4.78 is 0. The summed E-state index contributed by atoms with van der Waals surface area (Å²) >= 11 is 1.61. The van der Waals surface area contributed by atoms with Gasteiger partial charge in [0.1, 0.15) is 16.9 Å². The van der Waals surface area contributed by atoms with Crippen LogP contribution in [0.2, 0.25) is 0 Å². The van der Waals surface area contributed by atoms with Crippen LogP contribution in [0.5, 0.6) is 0 Å². The minimum absolute atomic E-state index is 0.675. The number of imidazole rings is 1. The van der Waals surface area contributed by atoms with Gasteiger partial charge in [0.05, 0.1) is 6.33 Å². The molecule has 3 N–H and O–H groups in total. The van der Waals surface area contributed by atoms with Crippen LogP contribution in [0.3, 0.4) is 0 Å². The van der Waals surface area contributed by atoms with Gasteiger partial charge < -0.3 is 10.7 Å². The molecule has 0 unspecified atom stereocenters. The highest BCUT2D eigenvalue weighted by atomic mass is 32.2. The first kappa shape index (κ1) is 13.1. The summed E-state index contributed by atoms with van der Waals surface area (Å²) in [6.07, 6.45) is 4.09. The van der Waals surface area contributed by atoms with Gasteiger partial charge in [0.25, 0.3) is 0 Å². The molecule has 3 aromatic rings. The number of hydrogen-bond donors (Lipinski definition) is 2. The first-order chi connectivity index (χ1) is 9.78. The van der Waals surface area contributed by atoms with Gasteiger partial charge in [-0.1, -0.05) is 17.8 Å². The number of nitrogens with zero attached hydrogens (tertiary/aromatic N) is 3. The summed E-state index contributed by atoms with van der Waals surface area (Å²) in [6, 6.07) is 6.41. The number of nitrogens with one attached hydrogen (secondary N) is 1. The van der Waals surface area contributed by atoms with Crippen molar-refractivity contribution < 1.29 is 0 Å². The lowest BCUT2D eigenvalue weighted by Gasteiger charge is -2.07. The van der Waals surface area contributed by atoms with Gasteiger partial charge in [0.15, 0.2) is 5.65 Å². The fourth-order valence-electron chi connectivity index (χ4n) is 2.10. The van der Waals surface area contributed by atoms with Crippen molar-refractivity contribution >= 4 is 22.9 Å². The number of H-pyrrole nitrogens is 1. The highest BCUT2D eigenvalue weighted by Crippen LogP contribution is 2.30. The van der Waals surface area contributed by atoms with E-state index in [1.807, 2.05) is 0 Å². The van der Waals surface area contributed by atoms with Gasteiger partial charge in [-0.3, -0.25) is 0 Å². The SMILES string of the molecule is Cc1cc(Sc2ncnc3nc[nH]c23)ccc1CCN. The fourth-order valence-corrected chi connectivity index (χ4v) is 3.05. The monoisotopic (exact) mass is 285 g/mol. The number of aromatic amines is 1. The van der Waals surface area contributed by atoms with Crippen LogP contribution in [0, 0.1) is 6.92 Å². The van der Waals surface area contributed by atoms with Crippen molar-refractivity contribution in [3.8, 4) is 0 Å². The van der Waals surface area contributed by atoms with Gasteiger partial charge >= 0.3 is 0 Å². The highest BCUT2D eigenvalue weighted by Gasteiger charge is 2.08. The molecule has 3 rings (SSSR count). The van der Waals surface area contributed by atoms with E-state index >= 15 is 0 Å². The van der Waals surface area contributed by atoms with Gasteiger partial charge in [-0.25, -0.2) is 15.0 Å². The zero-order valence-corrected chi connectivity index (χ0v) is 11.9. The van der Waals surface area contributed by atoms with Gasteiger partial charge in [0, 0.05) is 4.90 Å². The van der Waals surface area contributed by atoms with Crippen LogP contribution in [0.4, 0.5) is 0 Å². The summed E-state index contributed by atoms with van der Waals surface area (Å²) in [5.74, 6) is 0. The Morgan fingerprint density at radius 2 is 2.15 bits per heavy atom. The minimum atomic E-state index is 0.675. The molecule has 6 heteroatoms. The molecular formula is C14H15N5S. The molecule has 0 aliphatic carbocycles. The molecule has 0 spiro atoms. The van der Waals surface area contributed by atoms with Crippen molar-refractivity contribution in [1.82, 2.24) is 19.9 Å². The Morgan fingerprint density at radius 3 is 2.95 bits per heavy atom. The number of hydrogen-bond acceptors (Lipinski definition) is 5. The molecule has 0 saturated heterocycles. The number of aromatic nitrogens is 4. The summed E-state index contributed by atoms with van der Waals surface area (Å²) in [4.78, 5) is 16.8. The first-order valence-electron chi connectivity index (χ1n) is 6.39. The van der Waals surface area contributed by atoms with Crippen LogP contribution in [0.25, 0.3) is 11.2 Å². The van der Waals surface area contributed by atoms with Crippen molar-refractivity contribution in [3.63, 3.8) is 0 Å². The predicted octanol–water partition coefficient (Wildman–Crippen LogP) is 2.31. The van der Waals surface area contributed by atoms with E-state index in [1.165, 1.54) is 11.1 Å². The maximum atomic E-state index is 5.61. The molecule has 102 valence electrons. The van der Waals surface area contributed by atoms with E-state index in [9.17, 15) is 0 Å². The predicted molar refractivity (Wildman–Crippen MR) is 79.7 cm³/mol. The smallest absolute Gasteiger partial charge is 0.181 e. The average Bonchev–Trinajstić information content (AvgIpc) is 2.91. The zero-order valence-electron chi connectivity index (χ0n) is 11.1. The topological polar surface area (TPSA) is 80.5 Å². The van der Waals surface area contributed by atoms with E-state index in [0.717, 1.165) is 21.9 Å². The van der Waals surface area contributed by atoms with Crippen LogP contribution < -0.4 is 5.73 Å². The summed E-state index contributed by atoms with van der Waals surface area (Å²) in [5, 5.41) is 0.887. The third-order valence-electron chi connectivity index (χ3n) is 3.13. The highest BCUT2D eigenvalue weighted by molar-refractivity contribution is 7.99. The van der Waals surface area contributed by atoms with Crippen molar-refractivity contribution in [2.75, 3.05) is 6.54 Å². The normalized spacial score (nSPS) is 11.1. The Kier molecular flexibility index (Phi) is 3.66. The quantitative estimate of drug-likeness (QED) is 0.719. The molecule has 2 heterocycles. The lowest BCUT2D eigenvalue weighted by molar-refractivity contribution is 0.954. The van der Waals surface area contributed by atoms with E-state index in [4.69, 9.17) is 5.73 Å². The molecule has 0 saturated carbocycles. The van der Waals surface area contributed by atoms with Crippen molar-refractivity contribution in [3.05, 3.63) is 42.0 Å². The minimum Gasteiger partial charge on any atom is -0.341 e. The summed E-state index contributed by atoms with van der Waals surface area (Å²) in [7, 11) is 0. The molecule has 0 fully saturated rings. The van der Waals surface area contributed by atoms with Crippen LogP contribution in [-0.2, 0) is 6.42 Å². The van der Waals surface area contributed by atoms with Crippen LogP contribution >= 0.6 is 11.8 Å². The number of aryl methyl sites for hydroxylation is 1. The molecule has 0 atom stereocenters. The van der Waals surface area contributed by atoms with Gasteiger partial charge in [-0.05, 0) is 43.1 Å². The molecule has 1 aromatic carbocycles. The van der Waals surface area contributed by atoms with Crippen molar-refractivity contribution in [2.24, 2.45) is 5.73 Å². The first-order valence-corrected chi connectivity index (χ1v) is 7.21. The number of rotatable bonds is 4. The van der Waals surface area contributed by atoms with E-state index < -0.39 is 0 Å². The van der Waals surface area contributed by atoms with E-state index in [2.05, 4.69) is 45.1 Å². The number of fused-ring (bicyclic) bond motifs is 1. The Bertz CT molecular complexity index is 737. The van der Waals surface area contributed by atoms with Gasteiger partial charge in [-0.15, -0.1) is 0 Å². The molecule has 0 aliphatic rings.